The molecule has 2 heteroatoms. The Hall–Kier alpha value is -0.0800. The zero-order valence-electron chi connectivity index (χ0n) is 6.83. The summed E-state index contributed by atoms with van der Waals surface area (Å²) in [5, 5.41) is 0. The van der Waals surface area contributed by atoms with Crippen molar-refractivity contribution in [3.8, 4) is 0 Å². The van der Waals surface area contributed by atoms with E-state index in [0.29, 0.717) is 0 Å². The van der Waals surface area contributed by atoms with Crippen molar-refractivity contribution in [2.24, 2.45) is 0 Å². The molecule has 0 saturated carbocycles. The Morgan fingerprint density at radius 2 is 1.82 bits per heavy atom. The lowest BCUT2D eigenvalue weighted by molar-refractivity contribution is 1.13. The van der Waals surface area contributed by atoms with Crippen molar-refractivity contribution in [1.29, 1.82) is 0 Å². The summed E-state index contributed by atoms with van der Waals surface area (Å²) < 4.78 is 0. The topological polar surface area (TPSA) is 0 Å². The van der Waals surface area contributed by atoms with Crippen LogP contribution < -0.4 is 0 Å². The first kappa shape index (κ1) is 9.01. The maximum Gasteiger partial charge on any atom is 0.0182 e. The van der Waals surface area contributed by atoms with E-state index < -0.39 is 0 Å². The molecule has 0 unspecified atom stereocenters. The van der Waals surface area contributed by atoms with Crippen molar-refractivity contribution in [2.45, 2.75) is 18.2 Å². The molecule has 0 aliphatic rings. The maximum absolute atomic E-state index is 2.19. The molecular formula is C9H12S2. The second kappa shape index (κ2) is 4.73. The highest BCUT2D eigenvalue weighted by Crippen LogP contribution is 2.28. The van der Waals surface area contributed by atoms with Crippen LogP contribution in [0, 0.1) is 0 Å². The van der Waals surface area contributed by atoms with Gasteiger partial charge in [-0.1, -0.05) is 40.6 Å². The smallest absolute Gasteiger partial charge is 0.0182 e. The molecule has 0 N–H and O–H groups in total. The molecule has 1 rings (SSSR count). The molecular weight excluding hydrogens is 172 g/mol. The highest BCUT2D eigenvalue weighted by Gasteiger charge is 1.91. The summed E-state index contributed by atoms with van der Waals surface area (Å²) in [4.78, 5) is 1.34. The molecule has 0 aromatic heterocycles. The summed E-state index contributed by atoms with van der Waals surface area (Å²) in [6, 6.07) is 8.75. The van der Waals surface area contributed by atoms with Crippen LogP contribution in [-0.2, 0) is 6.42 Å². The molecule has 0 saturated heterocycles. The summed E-state index contributed by atoms with van der Waals surface area (Å²) >= 11 is 0. The molecule has 0 heterocycles. The van der Waals surface area contributed by atoms with Crippen molar-refractivity contribution in [3.63, 3.8) is 0 Å². The summed E-state index contributed by atoms with van der Waals surface area (Å²) in [5.74, 6) is 0. The molecule has 11 heavy (non-hydrogen) atoms. The lowest BCUT2D eigenvalue weighted by atomic mass is 10.2. The number of benzene rings is 1. The summed E-state index contributed by atoms with van der Waals surface area (Å²) in [6.45, 7) is 2.18. The van der Waals surface area contributed by atoms with Crippen molar-refractivity contribution in [3.05, 3.63) is 29.8 Å². The molecule has 0 atom stereocenters. The van der Waals surface area contributed by atoms with E-state index >= 15 is 0 Å². The van der Waals surface area contributed by atoms with Crippen LogP contribution in [0.5, 0.6) is 0 Å². The van der Waals surface area contributed by atoms with Crippen molar-refractivity contribution in [2.75, 3.05) is 6.26 Å². The highest BCUT2D eigenvalue weighted by atomic mass is 33.1. The first-order valence-corrected chi connectivity index (χ1v) is 6.22. The van der Waals surface area contributed by atoms with Crippen molar-refractivity contribution >= 4 is 21.6 Å². The largest absolute Gasteiger partial charge is 0.0924 e. The Morgan fingerprint density at radius 1 is 1.18 bits per heavy atom. The van der Waals surface area contributed by atoms with Gasteiger partial charge in [-0.15, -0.1) is 0 Å². The third kappa shape index (κ3) is 2.80. The van der Waals surface area contributed by atoms with Gasteiger partial charge in [-0.05, 0) is 30.4 Å². The van der Waals surface area contributed by atoms with Gasteiger partial charge in [0.25, 0.3) is 0 Å². The molecule has 0 aliphatic carbocycles. The fourth-order valence-corrected chi connectivity index (χ4v) is 2.23. The summed E-state index contributed by atoms with van der Waals surface area (Å²) in [6.07, 6.45) is 3.22. The summed E-state index contributed by atoms with van der Waals surface area (Å²) in [5.41, 5.74) is 1.41. The van der Waals surface area contributed by atoms with Gasteiger partial charge in [-0.3, -0.25) is 0 Å². The molecule has 60 valence electrons. The second-order valence-electron chi connectivity index (χ2n) is 2.25. The Kier molecular flexibility index (Phi) is 3.87. The predicted molar refractivity (Wildman–Crippen MR) is 55.2 cm³/mol. The lowest BCUT2D eigenvalue weighted by Gasteiger charge is -1.98. The zero-order chi connectivity index (χ0) is 8.10. The van der Waals surface area contributed by atoms with Gasteiger partial charge in [0, 0.05) is 4.90 Å². The fraction of sp³-hybridized carbons (Fsp3) is 0.333. The molecule has 0 nitrogen and oxygen atoms in total. The zero-order valence-corrected chi connectivity index (χ0v) is 8.47. The van der Waals surface area contributed by atoms with Gasteiger partial charge < -0.3 is 0 Å². The van der Waals surface area contributed by atoms with Gasteiger partial charge in [0.1, 0.15) is 0 Å². The number of hydrogen-bond acceptors (Lipinski definition) is 2. The minimum atomic E-state index is 1.13. The van der Waals surface area contributed by atoms with E-state index in [-0.39, 0.29) is 0 Å². The summed E-state index contributed by atoms with van der Waals surface area (Å²) in [7, 11) is 3.60. The van der Waals surface area contributed by atoms with Crippen LogP contribution >= 0.6 is 21.6 Å². The minimum Gasteiger partial charge on any atom is -0.0924 e. The highest BCUT2D eigenvalue weighted by molar-refractivity contribution is 8.76. The number of rotatable bonds is 3. The quantitative estimate of drug-likeness (QED) is 0.658. The predicted octanol–water partition coefficient (Wildman–Crippen LogP) is 3.62. The van der Waals surface area contributed by atoms with E-state index in [4.69, 9.17) is 0 Å². The van der Waals surface area contributed by atoms with E-state index in [2.05, 4.69) is 37.4 Å². The third-order valence-electron chi connectivity index (χ3n) is 1.51. The molecule has 0 aliphatic heterocycles. The molecule has 0 spiro atoms. The van der Waals surface area contributed by atoms with Gasteiger partial charge in [0.2, 0.25) is 0 Å². The number of hydrogen-bond donors (Lipinski definition) is 0. The van der Waals surface area contributed by atoms with Crippen molar-refractivity contribution < 1.29 is 0 Å². The maximum atomic E-state index is 2.19. The first-order valence-electron chi connectivity index (χ1n) is 3.66. The normalized spacial score (nSPS) is 10.0. The van der Waals surface area contributed by atoms with E-state index in [1.165, 1.54) is 10.5 Å². The van der Waals surface area contributed by atoms with Crippen LogP contribution in [-0.4, -0.2) is 6.26 Å². The number of aryl methyl sites for hydroxylation is 1. The van der Waals surface area contributed by atoms with Crippen LogP contribution in [0.2, 0.25) is 0 Å². The van der Waals surface area contributed by atoms with E-state index in [9.17, 15) is 0 Å². The van der Waals surface area contributed by atoms with Gasteiger partial charge in [-0.25, -0.2) is 0 Å². The second-order valence-corrected chi connectivity index (χ2v) is 4.72. The molecule has 0 fully saturated rings. The van der Waals surface area contributed by atoms with E-state index in [1.807, 2.05) is 10.8 Å². The SMILES string of the molecule is CCc1ccc(SSC)cc1. The standard InChI is InChI=1S/C9H12S2/c1-3-8-4-6-9(7-5-8)11-10-2/h4-7H,3H2,1-2H3. The lowest BCUT2D eigenvalue weighted by Crippen LogP contribution is -1.77. The van der Waals surface area contributed by atoms with Crippen LogP contribution in [0.25, 0.3) is 0 Å². The molecule has 0 amide bonds. The minimum absolute atomic E-state index is 1.13. The monoisotopic (exact) mass is 184 g/mol. The van der Waals surface area contributed by atoms with Gasteiger partial charge in [-0.2, -0.15) is 0 Å². The molecule has 1 aromatic carbocycles. The molecule has 0 bridgehead atoms. The van der Waals surface area contributed by atoms with Gasteiger partial charge in [0.05, 0.1) is 0 Å². The molecule has 0 radical (unpaired) electrons. The first-order chi connectivity index (χ1) is 5.36. The van der Waals surface area contributed by atoms with E-state index in [1.54, 1.807) is 10.8 Å². The third-order valence-corrected chi connectivity index (χ3v) is 3.22. The Morgan fingerprint density at radius 3 is 2.27 bits per heavy atom. The van der Waals surface area contributed by atoms with Crippen LogP contribution in [0.4, 0.5) is 0 Å². The Bertz CT molecular complexity index is 203. The Balaban J connectivity index is 2.66. The Labute approximate surface area is 76.2 Å². The average Bonchev–Trinajstić information content (AvgIpc) is 2.07. The van der Waals surface area contributed by atoms with Crippen LogP contribution in [0.3, 0.4) is 0 Å². The average molecular weight is 184 g/mol. The van der Waals surface area contributed by atoms with Gasteiger partial charge in [0.15, 0.2) is 0 Å². The van der Waals surface area contributed by atoms with E-state index in [0.717, 1.165) is 6.42 Å². The van der Waals surface area contributed by atoms with Crippen LogP contribution in [0.1, 0.15) is 12.5 Å². The molecule has 1 aromatic rings. The van der Waals surface area contributed by atoms with Crippen LogP contribution in [0.15, 0.2) is 29.2 Å². The fourth-order valence-electron chi connectivity index (χ4n) is 0.877. The van der Waals surface area contributed by atoms with Gasteiger partial charge >= 0.3 is 0 Å². The van der Waals surface area contributed by atoms with Crippen molar-refractivity contribution in [1.82, 2.24) is 0 Å².